The maximum Gasteiger partial charge on any atom is 0.410 e. The summed E-state index contributed by atoms with van der Waals surface area (Å²) in [6.45, 7) is 8.28. The van der Waals surface area contributed by atoms with E-state index >= 15 is 4.39 Å². The van der Waals surface area contributed by atoms with Gasteiger partial charge >= 0.3 is 6.09 Å². The maximum absolute atomic E-state index is 15.1. The van der Waals surface area contributed by atoms with Crippen LogP contribution >= 0.6 is 0 Å². The second-order valence-electron chi connectivity index (χ2n) is 13.7. The summed E-state index contributed by atoms with van der Waals surface area (Å²) in [4.78, 5) is 27.9. The van der Waals surface area contributed by atoms with Crippen molar-refractivity contribution < 1.29 is 35.9 Å². The molecule has 1 amide bonds. The number of nitrogens with zero attached hydrogens (tertiary/aromatic N) is 4. The molecule has 1 saturated heterocycles. The molecule has 1 saturated carbocycles. The topological polar surface area (TPSA) is 136 Å². The normalized spacial score (nSPS) is 19.1. The molecule has 0 radical (unpaired) electrons. The molecule has 0 bridgehead atoms. The molecule has 0 spiro atoms. The zero-order valence-corrected chi connectivity index (χ0v) is 29.0. The molecule has 6 rings (SSSR count). The largest absolute Gasteiger partial charge is 0.444 e. The highest BCUT2D eigenvalue weighted by molar-refractivity contribution is 7.92. The van der Waals surface area contributed by atoms with E-state index in [1.165, 1.54) is 6.07 Å². The number of fused-ring (bicyclic) bond motifs is 1. The Morgan fingerprint density at radius 1 is 1.06 bits per heavy atom. The van der Waals surface area contributed by atoms with Gasteiger partial charge in [0.1, 0.15) is 17.2 Å². The standard InChI is InChI=1S/C35H39F3N6O5S/c1-21-9-10-24-25(11-12-27(36)29(24)43-50(46,47)20-22-13-15-35(22,37)38)30(21)48-31-26(8-5-16-39-31)28-14-17-40-32(42-28)41-23-7-6-18-44(19-23)33(45)49-34(2,3)4/h5,8-12,14,16-17,22-23,43H,6-7,13,15,18-20H2,1-4H3,(H,40,41,42)/t22-,23?/m1/s1. The van der Waals surface area contributed by atoms with Gasteiger partial charge in [0, 0.05) is 54.6 Å². The molecule has 50 heavy (non-hydrogen) atoms. The maximum atomic E-state index is 15.1. The van der Waals surface area contributed by atoms with Crippen molar-refractivity contribution in [1.29, 1.82) is 0 Å². The average Bonchev–Trinajstić information content (AvgIpc) is 3.05. The van der Waals surface area contributed by atoms with E-state index in [0.717, 1.165) is 18.9 Å². The Morgan fingerprint density at radius 2 is 1.84 bits per heavy atom. The zero-order chi connectivity index (χ0) is 35.8. The van der Waals surface area contributed by atoms with Crippen LogP contribution in [0.25, 0.3) is 22.0 Å². The SMILES string of the molecule is Cc1ccc2c(NS(=O)(=O)C[C@H]3CCC3(F)F)c(F)ccc2c1Oc1ncccc1-c1ccnc(NC2CCCN(C(=O)OC(C)(C)C)C2)n1. The van der Waals surface area contributed by atoms with Gasteiger partial charge in [0.2, 0.25) is 21.9 Å². The fourth-order valence-electron chi connectivity index (χ4n) is 6.05. The number of ether oxygens (including phenoxy) is 2. The van der Waals surface area contributed by atoms with E-state index in [4.69, 9.17) is 14.5 Å². The monoisotopic (exact) mass is 712 g/mol. The van der Waals surface area contributed by atoms with Crippen molar-refractivity contribution in [2.75, 3.05) is 28.9 Å². The van der Waals surface area contributed by atoms with Gasteiger partial charge in [0.15, 0.2) is 0 Å². The van der Waals surface area contributed by atoms with Gasteiger partial charge < -0.3 is 19.7 Å². The van der Waals surface area contributed by atoms with E-state index in [0.29, 0.717) is 47.0 Å². The summed E-state index contributed by atoms with van der Waals surface area (Å²) >= 11 is 0. The van der Waals surface area contributed by atoms with Gasteiger partial charge in [0.25, 0.3) is 5.92 Å². The van der Waals surface area contributed by atoms with Gasteiger partial charge in [0.05, 0.1) is 22.7 Å². The fourth-order valence-corrected chi connectivity index (χ4v) is 7.59. The third-order valence-corrected chi connectivity index (χ3v) is 10.1. The lowest BCUT2D eigenvalue weighted by atomic mass is 9.82. The number of pyridine rings is 1. The van der Waals surface area contributed by atoms with Crippen LogP contribution in [0.3, 0.4) is 0 Å². The summed E-state index contributed by atoms with van der Waals surface area (Å²) in [6, 6.07) is 10.9. The Bertz CT molecular complexity index is 2020. The van der Waals surface area contributed by atoms with Crippen molar-refractivity contribution in [3.05, 3.63) is 66.2 Å². The second kappa shape index (κ2) is 13.6. The number of alkyl halides is 2. The molecule has 2 atom stereocenters. The molecule has 4 aromatic rings. The van der Waals surface area contributed by atoms with Crippen LogP contribution in [0.5, 0.6) is 11.6 Å². The summed E-state index contributed by atoms with van der Waals surface area (Å²) in [5, 5.41) is 3.90. The second-order valence-corrected chi connectivity index (χ2v) is 15.5. The van der Waals surface area contributed by atoms with Gasteiger partial charge in [-0.2, -0.15) is 0 Å². The lowest BCUT2D eigenvalue weighted by molar-refractivity contribution is -0.122. The molecule has 2 aromatic heterocycles. The number of hydrogen-bond donors (Lipinski definition) is 2. The number of likely N-dealkylation sites (tertiary alicyclic amines) is 1. The molecule has 2 aliphatic rings. The number of hydrogen-bond acceptors (Lipinski definition) is 9. The van der Waals surface area contributed by atoms with Crippen LogP contribution in [0.4, 0.5) is 29.6 Å². The number of anilines is 2. The van der Waals surface area contributed by atoms with Crippen LogP contribution in [-0.4, -0.2) is 70.8 Å². The number of benzene rings is 2. The Hall–Kier alpha value is -4.66. The lowest BCUT2D eigenvalue weighted by Gasteiger charge is -2.35. The first-order valence-corrected chi connectivity index (χ1v) is 18.0. The minimum atomic E-state index is -4.30. The van der Waals surface area contributed by atoms with E-state index in [2.05, 4.69) is 20.0 Å². The number of amides is 1. The van der Waals surface area contributed by atoms with Crippen LogP contribution in [0.1, 0.15) is 52.0 Å². The quantitative estimate of drug-likeness (QED) is 0.181. The molecular formula is C35H39F3N6O5S. The minimum absolute atomic E-state index is 0.0761. The Labute approximate surface area is 288 Å². The fraction of sp³-hybridized carbons (Fsp3) is 0.429. The molecule has 1 unspecified atom stereocenters. The number of piperidine rings is 1. The van der Waals surface area contributed by atoms with Gasteiger partial charge in [-0.3, -0.25) is 4.72 Å². The highest BCUT2D eigenvalue weighted by Crippen LogP contribution is 2.45. The van der Waals surface area contributed by atoms with Crippen molar-refractivity contribution in [2.45, 2.75) is 70.9 Å². The van der Waals surface area contributed by atoms with Crippen molar-refractivity contribution >= 4 is 38.5 Å². The molecule has 2 fully saturated rings. The molecule has 11 nitrogen and oxygen atoms in total. The highest BCUT2D eigenvalue weighted by Gasteiger charge is 2.50. The van der Waals surface area contributed by atoms with Gasteiger partial charge in [-0.1, -0.05) is 12.1 Å². The number of aromatic nitrogens is 3. The number of halogens is 3. The summed E-state index contributed by atoms with van der Waals surface area (Å²) in [7, 11) is -4.30. The van der Waals surface area contributed by atoms with Crippen molar-refractivity contribution in [3.63, 3.8) is 0 Å². The van der Waals surface area contributed by atoms with Crippen molar-refractivity contribution in [3.8, 4) is 22.9 Å². The zero-order valence-electron chi connectivity index (χ0n) is 28.2. The number of carbonyl (C=O) groups excluding carboxylic acids is 1. The van der Waals surface area contributed by atoms with Crippen LogP contribution in [-0.2, 0) is 14.8 Å². The number of carbonyl (C=O) groups is 1. The first-order valence-electron chi connectivity index (χ1n) is 16.4. The Morgan fingerprint density at radius 3 is 2.56 bits per heavy atom. The molecular weight excluding hydrogens is 673 g/mol. The summed E-state index contributed by atoms with van der Waals surface area (Å²) in [6.07, 6.45) is 4.07. The molecule has 1 aliphatic carbocycles. The Kier molecular flexibility index (Phi) is 9.55. The molecule has 15 heteroatoms. The predicted octanol–water partition coefficient (Wildman–Crippen LogP) is 7.53. The summed E-state index contributed by atoms with van der Waals surface area (Å²) < 4.78 is 82.8. The van der Waals surface area contributed by atoms with Gasteiger partial charge in [-0.15, -0.1) is 0 Å². The average molecular weight is 713 g/mol. The molecule has 3 heterocycles. The van der Waals surface area contributed by atoms with E-state index < -0.39 is 39.0 Å². The lowest BCUT2D eigenvalue weighted by Crippen LogP contribution is -2.47. The van der Waals surface area contributed by atoms with Crippen LogP contribution in [0.2, 0.25) is 0 Å². The van der Waals surface area contributed by atoms with Crippen LogP contribution < -0.4 is 14.8 Å². The van der Waals surface area contributed by atoms with Gasteiger partial charge in [-0.05, 0) is 82.9 Å². The third-order valence-electron chi connectivity index (χ3n) is 8.71. The number of sulfonamides is 1. The number of rotatable bonds is 9. The van der Waals surface area contributed by atoms with E-state index in [-0.39, 0.29) is 41.9 Å². The molecule has 1 aliphatic heterocycles. The van der Waals surface area contributed by atoms with E-state index in [1.54, 1.807) is 54.5 Å². The molecule has 2 N–H and O–H groups in total. The van der Waals surface area contributed by atoms with Crippen molar-refractivity contribution in [2.24, 2.45) is 5.92 Å². The Balaban J connectivity index is 1.25. The van der Waals surface area contributed by atoms with Gasteiger partial charge in [-0.25, -0.2) is 41.3 Å². The molecule has 266 valence electrons. The van der Waals surface area contributed by atoms with Crippen molar-refractivity contribution in [1.82, 2.24) is 19.9 Å². The number of aryl methyl sites for hydroxylation is 1. The number of nitrogens with one attached hydrogen (secondary N) is 2. The summed E-state index contributed by atoms with van der Waals surface area (Å²) in [5.41, 5.74) is 0.723. The minimum Gasteiger partial charge on any atom is -0.444 e. The highest BCUT2D eigenvalue weighted by atomic mass is 32.2. The first-order chi connectivity index (χ1) is 23.6. The molecule has 2 aromatic carbocycles. The summed E-state index contributed by atoms with van der Waals surface area (Å²) in [5.74, 6) is -5.24. The van der Waals surface area contributed by atoms with Crippen LogP contribution in [0, 0.1) is 18.7 Å². The smallest absolute Gasteiger partial charge is 0.410 e. The van der Waals surface area contributed by atoms with E-state index in [1.807, 2.05) is 20.8 Å². The first kappa shape index (κ1) is 35.2. The predicted molar refractivity (Wildman–Crippen MR) is 184 cm³/mol. The third kappa shape index (κ3) is 7.87. The van der Waals surface area contributed by atoms with E-state index in [9.17, 15) is 22.0 Å². The van der Waals surface area contributed by atoms with Crippen LogP contribution in [0.15, 0.2) is 54.9 Å².